The Morgan fingerprint density at radius 2 is 2.10 bits per heavy atom. The summed E-state index contributed by atoms with van der Waals surface area (Å²) < 4.78 is 14.9. The van der Waals surface area contributed by atoms with Crippen molar-refractivity contribution in [1.29, 1.82) is 0 Å². The van der Waals surface area contributed by atoms with E-state index in [1.54, 1.807) is 17.7 Å². The number of nitrogens with one attached hydrogen (secondary N) is 1. The van der Waals surface area contributed by atoms with E-state index in [-0.39, 0.29) is 11.7 Å². The molecule has 0 fully saturated rings. The van der Waals surface area contributed by atoms with Gasteiger partial charge >= 0.3 is 0 Å². The van der Waals surface area contributed by atoms with Crippen LogP contribution in [0, 0.1) is 5.82 Å². The van der Waals surface area contributed by atoms with Gasteiger partial charge in [0.25, 0.3) is 0 Å². The van der Waals surface area contributed by atoms with Crippen molar-refractivity contribution in [2.45, 2.75) is 13.8 Å². The molecule has 0 aliphatic rings. The van der Waals surface area contributed by atoms with Crippen LogP contribution in [-0.2, 0) is 11.8 Å². The van der Waals surface area contributed by atoms with Gasteiger partial charge in [-0.1, -0.05) is 13.8 Å². The number of aromatic nitrogens is 2. The summed E-state index contributed by atoms with van der Waals surface area (Å²) >= 11 is 0. The highest BCUT2D eigenvalue weighted by molar-refractivity contribution is 5.92. The van der Waals surface area contributed by atoms with Gasteiger partial charge in [-0.3, -0.25) is 15.0 Å². The highest BCUT2D eigenvalue weighted by Crippen LogP contribution is 2.18. The summed E-state index contributed by atoms with van der Waals surface area (Å²) in [6, 6.07) is 4.39. The van der Waals surface area contributed by atoms with Gasteiger partial charge in [-0.2, -0.15) is 0 Å². The first kappa shape index (κ1) is 14.5. The van der Waals surface area contributed by atoms with Gasteiger partial charge in [-0.25, -0.2) is 9.37 Å². The first-order valence-corrected chi connectivity index (χ1v) is 6.69. The van der Waals surface area contributed by atoms with E-state index in [1.807, 2.05) is 18.7 Å². The molecule has 0 aliphatic heterocycles. The highest BCUT2D eigenvalue weighted by atomic mass is 19.1. The van der Waals surface area contributed by atoms with Gasteiger partial charge in [0.1, 0.15) is 5.82 Å². The third kappa shape index (κ3) is 2.96. The van der Waals surface area contributed by atoms with E-state index in [0.717, 1.165) is 18.6 Å². The minimum atomic E-state index is -0.336. The number of hydrogen-bond donors (Lipinski definition) is 1. The van der Waals surface area contributed by atoms with Crippen molar-refractivity contribution in [3.63, 3.8) is 0 Å². The van der Waals surface area contributed by atoms with Crippen molar-refractivity contribution in [2.24, 2.45) is 7.05 Å². The Hall–Kier alpha value is -1.95. The molecule has 1 N–H and O–H groups in total. The zero-order chi connectivity index (χ0) is 14.7. The predicted molar refractivity (Wildman–Crippen MR) is 77.1 cm³/mol. The summed E-state index contributed by atoms with van der Waals surface area (Å²) in [4.78, 5) is 18.2. The molecule has 1 aromatic carbocycles. The molecule has 0 saturated heterocycles. The van der Waals surface area contributed by atoms with Gasteiger partial charge in [0, 0.05) is 13.1 Å². The molecule has 5 nitrogen and oxygen atoms in total. The predicted octanol–water partition coefficient (Wildman–Crippen LogP) is 1.99. The lowest BCUT2D eigenvalue weighted by atomic mass is 10.3. The number of benzene rings is 1. The minimum absolute atomic E-state index is 0.118. The summed E-state index contributed by atoms with van der Waals surface area (Å²) in [7, 11) is 1.79. The van der Waals surface area contributed by atoms with E-state index < -0.39 is 0 Å². The fraction of sp³-hybridized carbons (Fsp3) is 0.429. The van der Waals surface area contributed by atoms with E-state index in [0.29, 0.717) is 18.0 Å². The Morgan fingerprint density at radius 1 is 1.40 bits per heavy atom. The molecule has 2 aromatic rings. The summed E-state index contributed by atoms with van der Waals surface area (Å²) in [5, 5.41) is 2.77. The Bertz CT molecular complexity index is 619. The Labute approximate surface area is 117 Å². The molecule has 20 heavy (non-hydrogen) atoms. The lowest BCUT2D eigenvalue weighted by molar-refractivity contribution is -0.117. The van der Waals surface area contributed by atoms with Gasteiger partial charge in [0.15, 0.2) is 0 Å². The molecule has 108 valence electrons. The van der Waals surface area contributed by atoms with Gasteiger partial charge < -0.3 is 4.57 Å². The van der Waals surface area contributed by atoms with Crippen LogP contribution in [0.2, 0.25) is 0 Å². The van der Waals surface area contributed by atoms with Gasteiger partial charge in [0.05, 0.1) is 17.6 Å². The van der Waals surface area contributed by atoms with Crippen molar-refractivity contribution >= 4 is 22.9 Å². The molecular weight excluding hydrogens is 259 g/mol. The zero-order valence-electron chi connectivity index (χ0n) is 12.0. The van der Waals surface area contributed by atoms with Gasteiger partial charge in [-0.05, 0) is 25.2 Å². The SMILES string of the molecule is CCN(CC)CC(=O)Nc1nc2cc(F)ccc2n1C. The number of halogens is 1. The van der Waals surface area contributed by atoms with E-state index in [4.69, 9.17) is 0 Å². The second kappa shape index (κ2) is 6.00. The van der Waals surface area contributed by atoms with Crippen molar-refractivity contribution < 1.29 is 9.18 Å². The van der Waals surface area contributed by atoms with Crippen LogP contribution in [0.15, 0.2) is 18.2 Å². The molecule has 0 unspecified atom stereocenters. The third-order valence-corrected chi connectivity index (χ3v) is 3.36. The number of anilines is 1. The monoisotopic (exact) mass is 278 g/mol. The molecule has 0 spiro atoms. The number of hydrogen-bond acceptors (Lipinski definition) is 3. The quantitative estimate of drug-likeness (QED) is 0.910. The van der Waals surface area contributed by atoms with Crippen molar-refractivity contribution in [3.05, 3.63) is 24.0 Å². The van der Waals surface area contributed by atoms with Crippen molar-refractivity contribution in [1.82, 2.24) is 14.5 Å². The van der Waals surface area contributed by atoms with Crippen molar-refractivity contribution in [2.75, 3.05) is 25.0 Å². The number of carbonyl (C=O) groups is 1. The average Bonchev–Trinajstić information content (AvgIpc) is 2.72. The van der Waals surface area contributed by atoms with Crippen LogP contribution in [0.5, 0.6) is 0 Å². The molecule has 0 radical (unpaired) electrons. The molecule has 0 aliphatic carbocycles. The number of amides is 1. The Kier molecular flexibility index (Phi) is 4.34. The van der Waals surface area contributed by atoms with E-state index in [9.17, 15) is 9.18 Å². The molecule has 6 heteroatoms. The van der Waals surface area contributed by atoms with Crippen LogP contribution in [0.4, 0.5) is 10.3 Å². The Balaban J connectivity index is 2.17. The molecule has 1 amide bonds. The lowest BCUT2D eigenvalue weighted by Gasteiger charge is -2.16. The molecule has 2 rings (SSSR count). The van der Waals surface area contributed by atoms with Crippen LogP contribution in [0.25, 0.3) is 11.0 Å². The van der Waals surface area contributed by atoms with Crippen LogP contribution in [0.3, 0.4) is 0 Å². The molecule has 0 atom stereocenters. The molecule has 0 bridgehead atoms. The Morgan fingerprint density at radius 3 is 2.75 bits per heavy atom. The zero-order valence-corrected chi connectivity index (χ0v) is 12.0. The number of nitrogens with zero attached hydrogens (tertiary/aromatic N) is 3. The number of imidazole rings is 1. The maximum Gasteiger partial charge on any atom is 0.240 e. The second-order valence-corrected chi connectivity index (χ2v) is 4.64. The normalized spacial score (nSPS) is 11.2. The number of likely N-dealkylation sites (N-methyl/N-ethyl adjacent to an activating group) is 1. The van der Waals surface area contributed by atoms with E-state index in [2.05, 4.69) is 10.3 Å². The van der Waals surface area contributed by atoms with Gasteiger partial charge in [-0.15, -0.1) is 0 Å². The second-order valence-electron chi connectivity index (χ2n) is 4.64. The molecule has 1 heterocycles. The first-order valence-electron chi connectivity index (χ1n) is 6.69. The van der Waals surface area contributed by atoms with Gasteiger partial charge in [0.2, 0.25) is 11.9 Å². The largest absolute Gasteiger partial charge is 0.313 e. The summed E-state index contributed by atoms with van der Waals surface area (Å²) in [5.41, 5.74) is 1.31. The molecular formula is C14H19FN4O. The number of aryl methyl sites for hydroxylation is 1. The fourth-order valence-corrected chi connectivity index (χ4v) is 2.10. The summed E-state index contributed by atoms with van der Waals surface area (Å²) in [6.45, 7) is 5.98. The minimum Gasteiger partial charge on any atom is -0.313 e. The highest BCUT2D eigenvalue weighted by Gasteiger charge is 2.13. The van der Waals surface area contributed by atoms with Crippen molar-refractivity contribution in [3.8, 4) is 0 Å². The first-order chi connectivity index (χ1) is 9.55. The number of rotatable bonds is 5. The molecule has 1 aromatic heterocycles. The number of carbonyl (C=O) groups excluding carboxylic acids is 1. The summed E-state index contributed by atoms with van der Waals surface area (Å²) in [5.74, 6) is -0.0213. The van der Waals surface area contributed by atoms with Crippen LogP contribution in [-0.4, -0.2) is 40.0 Å². The molecule has 0 saturated carbocycles. The van der Waals surface area contributed by atoms with Crippen LogP contribution >= 0.6 is 0 Å². The number of fused-ring (bicyclic) bond motifs is 1. The summed E-state index contributed by atoms with van der Waals surface area (Å²) in [6.07, 6.45) is 0. The standard InChI is InChI=1S/C14H19FN4O/c1-4-19(5-2)9-13(20)17-14-16-11-8-10(15)6-7-12(11)18(14)3/h6-8H,4-5,9H2,1-3H3,(H,16,17,20). The smallest absolute Gasteiger partial charge is 0.240 e. The van der Waals surface area contributed by atoms with E-state index in [1.165, 1.54) is 12.1 Å². The van der Waals surface area contributed by atoms with Crippen LogP contribution in [0.1, 0.15) is 13.8 Å². The third-order valence-electron chi connectivity index (χ3n) is 3.36. The lowest BCUT2D eigenvalue weighted by Crippen LogP contribution is -2.33. The van der Waals surface area contributed by atoms with E-state index >= 15 is 0 Å². The maximum atomic E-state index is 13.2. The maximum absolute atomic E-state index is 13.2. The van der Waals surface area contributed by atoms with Crippen LogP contribution < -0.4 is 5.32 Å². The fourth-order valence-electron chi connectivity index (χ4n) is 2.10. The average molecular weight is 278 g/mol. The topological polar surface area (TPSA) is 50.2 Å².